The first-order valence-electron chi connectivity index (χ1n) is 9.85. The average Bonchev–Trinajstić information content (AvgIpc) is 3.48. The van der Waals surface area contributed by atoms with Gasteiger partial charge in [-0.3, -0.25) is 4.98 Å². The Hall–Kier alpha value is -3.33. The number of aryl methyl sites for hydroxylation is 2. The molecule has 0 aliphatic carbocycles. The van der Waals surface area contributed by atoms with Crippen molar-refractivity contribution in [3.8, 4) is 11.4 Å². The van der Waals surface area contributed by atoms with Gasteiger partial charge in [-0.15, -0.1) is 11.3 Å². The second-order valence-corrected chi connectivity index (χ2v) is 8.15. The molecular formula is C21H21N7OS. The Balaban J connectivity index is 1.42. The van der Waals surface area contributed by atoms with Crippen molar-refractivity contribution in [2.75, 3.05) is 16.8 Å². The maximum Gasteiger partial charge on any atom is 0.228 e. The standard InChI is InChI=1S/C21H21N7OS/c1-13-10-19(26-21-24-14(2)12-30-21)25-20(23-13)28-9-5-7-17(28)18-11-16(27-29-18)15-6-3-4-8-22-15/h3-4,6,8,10-12,17H,5,7,9H2,1-2H3,(H,23,24,25,26). The van der Waals surface area contributed by atoms with Gasteiger partial charge in [-0.25, -0.2) is 9.97 Å². The molecule has 1 fully saturated rings. The van der Waals surface area contributed by atoms with E-state index in [9.17, 15) is 0 Å². The molecule has 0 aromatic carbocycles. The third-order valence-corrected chi connectivity index (χ3v) is 5.87. The minimum absolute atomic E-state index is 0.0479. The van der Waals surface area contributed by atoms with Crippen LogP contribution in [0.3, 0.4) is 0 Å². The van der Waals surface area contributed by atoms with Crippen molar-refractivity contribution < 1.29 is 4.52 Å². The summed E-state index contributed by atoms with van der Waals surface area (Å²) in [5, 5.41) is 10.4. The molecular weight excluding hydrogens is 398 g/mol. The first-order valence-corrected chi connectivity index (χ1v) is 10.7. The topological polar surface area (TPSA) is 92.9 Å². The van der Waals surface area contributed by atoms with E-state index in [4.69, 9.17) is 9.51 Å². The fourth-order valence-corrected chi connectivity index (χ4v) is 4.34. The number of anilines is 3. The molecule has 0 radical (unpaired) electrons. The Labute approximate surface area is 178 Å². The van der Waals surface area contributed by atoms with Gasteiger partial charge in [-0.05, 0) is 38.8 Å². The van der Waals surface area contributed by atoms with Crippen molar-refractivity contribution in [2.24, 2.45) is 0 Å². The molecule has 1 atom stereocenters. The first-order chi connectivity index (χ1) is 14.7. The van der Waals surface area contributed by atoms with E-state index < -0.39 is 0 Å². The maximum atomic E-state index is 5.70. The molecule has 9 heteroatoms. The largest absolute Gasteiger partial charge is 0.358 e. The maximum absolute atomic E-state index is 5.70. The number of rotatable bonds is 5. The SMILES string of the molecule is Cc1cc(Nc2nc(C)cs2)nc(N2CCCC2c2cc(-c3ccccn3)no2)n1. The molecule has 1 N–H and O–H groups in total. The lowest BCUT2D eigenvalue weighted by Crippen LogP contribution is -2.25. The number of hydrogen-bond acceptors (Lipinski definition) is 9. The van der Waals surface area contributed by atoms with Crippen LogP contribution in [0.15, 0.2) is 46.4 Å². The lowest BCUT2D eigenvalue weighted by atomic mass is 10.1. The van der Waals surface area contributed by atoms with E-state index >= 15 is 0 Å². The molecule has 30 heavy (non-hydrogen) atoms. The molecule has 8 nitrogen and oxygen atoms in total. The van der Waals surface area contributed by atoms with Crippen molar-refractivity contribution in [2.45, 2.75) is 32.7 Å². The summed E-state index contributed by atoms with van der Waals surface area (Å²) >= 11 is 1.56. The normalized spacial score (nSPS) is 16.2. The summed E-state index contributed by atoms with van der Waals surface area (Å²) in [7, 11) is 0. The summed E-state index contributed by atoms with van der Waals surface area (Å²) in [5.41, 5.74) is 3.42. The van der Waals surface area contributed by atoms with Gasteiger partial charge in [0.25, 0.3) is 0 Å². The van der Waals surface area contributed by atoms with E-state index in [2.05, 4.69) is 30.3 Å². The Morgan fingerprint density at radius 1 is 1.10 bits per heavy atom. The number of aromatic nitrogens is 5. The summed E-state index contributed by atoms with van der Waals surface area (Å²) in [6, 6.07) is 9.70. The zero-order valence-electron chi connectivity index (χ0n) is 16.7. The highest BCUT2D eigenvalue weighted by Crippen LogP contribution is 2.36. The second-order valence-electron chi connectivity index (χ2n) is 7.29. The summed E-state index contributed by atoms with van der Waals surface area (Å²) in [5.74, 6) is 2.23. The van der Waals surface area contributed by atoms with E-state index in [0.29, 0.717) is 5.95 Å². The minimum atomic E-state index is 0.0479. The van der Waals surface area contributed by atoms with Gasteiger partial charge in [0, 0.05) is 35.9 Å². The van der Waals surface area contributed by atoms with Crippen LogP contribution in [0.5, 0.6) is 0 Å². The van der Waals surface area contributed by atoms with Crippen LogP contribution in [0.2, 0.25) is 0 Å². The van der Waals surface area contributed by atoms with Crippen LogP contribution in [0, 0.1) is 13.8 Å². The second kappa shape index (κ2) is 7.83. The Morgan fingerprint density at radius 2 is 2.03 bits per heavy atom. The third-order valence-electron chi connectivity index (χ3n) is 4.99. The van der Waals surface area contributed by atoms with Crippen LogP contribution in [0.4, 0.5) is 16.9 Å². The zero-order valence-corrected chi connectivity index (χ0v) is 17.6. The quantitative estimate of drug-likeness (QED) is 0.498. The van der Waals surface area contributed by atoms with Crippen molar-refractivity contribution >= 4 is 28.2 Å². The van der Waals surface area contributed by atoms with Gasteiger partial charge in [0.2, 0.25) is 5.95 Å². The van der Waals surface area contributed by atoms with Crippen LogP contribution in [-0.2, 0) is 0 Å². The van der Waals surface area contributed by atoms with Crippen molar-refractivity contribution in [3.05, 3.63) is 59.1 Å². The molecule has 0 saturated carbocycles. The van der Waals surface area contributed by atoms with Gasteiger partial charge in [0.15, 0.2) is 10.9 Å². The summed E-state index contributed by atoms with van der Waals surface area (Å²) in [6.45, 7) is 4.81. The van der Waals surface area contributed by atoms with Gasteiger partial charge in [0.05, 0.1) is 17.4 Å². The van der Waals surface area contributed by atoms with Gasteiger partial charge in [0.1, 0.15) is 11.5 Å². The molecule has 5 heterocycles. The molecule has 4 aromatic heterocycles. The van der Waals surface area contributed by atoms with Gasteiger partial charge in [-0.1, -0.05) is 11.2 Å². The van der Waals surface area contributed by atoms with Crippen molar-refractivity contribution in [1.82, 2.24) is 25.1 Å². The molecule has 1 aliphatic heterocycles. The fraction of sp³-hybridized carbons (Fsp3) is 0.286. The number of nitrogens with zero attached hydrogens (tertiary/aromatic N) is 6. The molecule has 1 unspecified atom stereocenters. The molecule has 1 saturated heterocycles. The smallest absolute Gasteiger partial charge is 0.228 e. The van der Waals surface area contributed by atoms with E-state index in [1.54, 1.807) is 17.5 Å². The van der Waals surface area contributed by atoms with Crippen LogP contribution < -0.4 is 10.2 Å². The Bertz CT molecular complexity index is 1160. The molecule has 0 bridgehead atoms. The highest BCUT2D eigenvalue weighted by molar-refractivity contribution is 7.13. The van der Waals surface area contributed by atoms with Crippen molar-refractivity contribution in [1.29, 1.82) is 0 Å². The number of thiazole rings is 1. The predicted molar refractivity (Wildman–Crippen MR) is 116 cm³/mol. The minimum Gasteiger partial charge on any atom is -0.358 e. The highest BCUT2D eigenvalue weighted by atomic mass is 32.1. The average molecular weight is 420 g/mol. The van der Waals surface area contributed by atoms with Crippen LogP contribution in [-0.4, -0.2) is 31.6 Å². The molecule has 0 spiro atoms. The Morgan fingerprint density at radius 3 is 2.83 bits per heavy atom. The lowest BCUT2D eigenvalue weighted by molar-refractivity contribution is 0.362. The Kier molecular flexibility index (Phi) is 4.88. The first kappa shape index (κ1) is 18.7. The zero-order chi connectivity index (χ0) is 20.5. The van der Waals surface area contributed by atoms with E-state index in [0.717, 1.165) is 58.9 Å². The van der Waals surface area contributed by atoms with E-state index in [1.807, 2.05) is 49.6 Å². The van der Waals surface area contributed by atoms with Crippen molar-refractivity contribution in [3.63, 3.8) is 0 Å². The third kappa shape index (κ3) is 3.76. The highest BCUT2D eigenvalue weighted by Gasteiger charge is 2.32. The summed E-state index contributed by atoms with van der Waals surface area (Å²) < 4.78 is 5.70. The molecule has 4 aromatic rings. The fourth-order valence-electron chi connectivity index (χ4n) is 3.65. The predicted octanol–water partition coefficient (Wildman–Crippen LogP) is 4.69. The monoisotopic (exact) mass is 419 g/mol. The van der Waals surface area contributed by atoms with E-state index in [-0.39, 0.29) is 6.04 Å². The van der Waals surface area contributed by atoms with Crippen LogP contribution in [0.1, 0.15) is 36.0 Å². The van der Waals surface area contributed by atoms with Crippen LogP contribution in [0.25, 0.3) is 11.4 Å². The van der Waals surface area contributed by atoms with Gasteiger partial charge < -0.3 is 14.7 Å². The molecule has 5 rings (SSSR count). The van der Waals surface area contributed by atoms with Gasteiger partial charge in [-0.2, -0.15) is 4.98 Å². The van der Waals surface area contributed by atoms with E-state index in [1.165, 1.54) is 0 Å². The summed E-state index contributed by atoms with van der Waals surface area (Å²) in [6.07, 6.45) is 3.75. The molecule has 0 amide bonds. The number of nitrogens with one attached hydrogen (secondary N) is 1. The summed E-state index contributed by atoms with van der Waals surface area (Å²) in [4.78, 5) is 20.5. The number of pyridine rings is 1. The van der Waals surface area contributed by atoms with Crippen LogP contribution >= 0.6 is 11.3 Å². The number of hydrogen-bond donors (Lipinski definition) is 1. The molecule has 152 valence electrons. The van der Waals surface area contributed by atoms with Gasteiger partial charge >= 0.3 is 0 Å². The molecule has 1 aliphatic rings. The lowest BCUT2D eigenvalue weighted by Gasteiger charge is -2.23.